The molecule has 0 spiro atoms. The monoisotopic (exact) mass is 128 g/mol. The summed E-state index contributed by atoms with van der Waals surface area (Å²) in [5.41, 5.74) is 2.07. The molecule has 0 heterocycles. The van der Waals surface area contributed by atoms with Gasteiger partial charge in [-0.3, -0.25) is 0 Å². The van der Waals surface area contributed by atoms with Crippen LogP contribution in [-0.4, -0.2) is 7.85 Å². The molecule has 0 unspecified atom stereocenters. The predicted molar refractivity (Wildman–Crippen MR) is 45.7 cm³/mol. The van der Waals surface area contributed by atoms with E-state index in [1.165, 1.54) is 5.56 Å². The zero-order chi connectivity index (χ0) is 7.40. The van der Waals surface area contributed by atoms with Crippen LogP contribution in [0.2, 0.25) is 0 Å². The van der Waals surface area contributed by atoms with Gasteiger partial charge in [0.2, 0.25) is 0 Å². The summed E-state index contributed by atoms with van der Waals surface area (Å²) in [4.78, 5) is 0. The molecule has 1 rings (SSSR count). The van der Waals surface area contributed by atoms with E-state index < -0.39 is 0 Å². The van der Waals surface area contributed by atoms with Crippen molar-refractivity contribution in [1.82, 2.24) is 0 Å². The average Bonchev–Trinajstić information content (AvgIpc) is 1.95. The van der Waals surface area contributed by atoms with Crippen molar-refractivity contribution in [2.24, 2.45) is 0 Å². The Balaban J connectivity index is 2.78. The van der Waals surface area contributed by atoms with E-state index in [1.54, 1.807) is 0 Å². The topological polar surface area (TPSA) is 0 Å². The van der Waals surface area contributed by atoms with Crippen molar-refractivity contribution >= 4 is 13.3 Å². The Labute approximate surface area is 63.0 Å². The first kappa shape index (κ1) is 7.14. The van der Waals surface area contributed by atoms with E-state index in [0.717, 1.165) is 11.9 Å². The van der Waals surface area contributed by atoms with Crippen LogP contribution in [0.25, 0.3) is 0 Å². The van der Waals surface area contributed by atoms with E-state index in [1.807, 2.05) is 30.3 Å². The Kier molecular flexibility index (Phi) is 2.32. The molecule has 2 radical (unpaired) electrons. The zero-order valence-electron chi connectivity index (χ0n) is 5.88. The van der Waals surface area contributed by atoms with Gasteiger partial charge in [0, 0.05) is 0 Å². The third-order valence-electron chi connectivity index (χ3n) is 1.36. The van der Waals surface area contributed by atoms with Crippen molar-refractivity contribution in [3.8, 4) is 0 Å². The molecule has 0 aliphatic carbocycles. The first-order valence-electron chi connectivity index (χ1n) is 3.28. The van der Waals surface area contributed by atoms with Crippen LogP contribution in [-0.2, 0) is 6.42 Å². The fraction of sp³-hybridized carbons (Fsp3) is 0.111. The second-order valence-electron chi connectivity index (χ2n) is 2.23. The standard InChI is InChI=1S/C9H9B/c1-2-3-8-4-6-9(10)7-5-8/h2,4-7H,1,3H2. The highest BCUT2D eigenvalue weighted by Gasteiger charge is 1.86. The largest absolute Gasteiger partial charge is 0.113 e. The van der Waals surface area contributed by atoms with Crippen molar-refractivity contribution in [1.29, 1.82) is 0 Å². The summed E-state index contributed by atoms with van der Waals surface area (Å²) in [6.07, 6.45) is 2.80. The molecule has 10 heavy (non-hydrogen) atoms. The Hall–Kier alpha value is -0.975. The van der Waals surface area contributed by atoms with Crippen LogP contribution in [0.1, 0.15) is 5.56 Å². The highest BCUT2D eigenvalue weighted by Crippen LogP contribution is 1.96. The maximum absolute atomic E-state index is 5.50. The fourth-order valence-corrected chi connectivity index (χ4v) is 0.820. The lowest BCUT2D eigenvalue weighted by molar-refractivity contribution is 1.28. The van der Waals surface area contributed by atoms with Crippen LogP contribution in [0.4, 0.5) is 0 Å². The van der Waals surface area contributed by atoms with Crippen LogP contribution in [0.3, 0.4) is 0 Å². The summed E-state index contributed by atoms with van der Waals surface area (Å²) in [7, 11) is 5.50. The van der Waals surface area contributed by atoms with E-state index in [2.05, 4.69) is 6.58 Å². The normalized spacial score (nSPS) is 9.20. The second kappa shape index (κ2) is 3.26. The molecule has 0 nitrogen and oxygen atoms in total. The van der Waals surface area contributed by atoms with E-state index in [4.69, 9.17) is 7.85 Å². The molecule has 0 bridgehead atoms. The van der Waals surface area contributed by atoms with Gasteiger partial charge in [0.05, 0.1) is 0 Å². The molecule has 0 N–H and O–H groups in total. The van der Waals surface area contributed by atoms with Crippen molar-refractivity contribution in [2.45, 2.75) is 6.42 Å². The quantitative estimate of drug-likeness (QED) is 0.414. The van der Waals surface area contributed by atoms with Gasteiger partial charge >= 0.3 is 0 Å². The summed E-state index contributed by atoms with van der Waals surface area (Å²) in [5.74, 6) is 0. The smallest absolute Gasteiger partial charge is 0.103 e. The summed E-state index contributed by atoms with van der Waals surface area (Å²) >= 11 is 0. The average molecular weight is 128 g/mol. The van der Waals surface area contributed by atoms with Crippen LogP contribution in [0.15, 0.2) is 36.9 Å². The summed E-state index contributed by atoms with van der Waals surface area (Å²) in [6.45, 7) is 3.65. The molecule has 48 valence electrons. The van der Waals surface area contributed by atoms with E-state index in [9.17, 15) is 0 Å². The SMILES string of the molecule is [B]c1ccc(CC=C)cc1. The van der Waals surface area contributed by atoms with Gasteiger partial charge in [-0.2, -0.15) is 0 Å². The van der Waals surface area contributed by atoms with Crippen molar-refractivity contribution in [3.63, 3.8) is 0 Å². The molecule has 0 saturated carbocycles. The zero-order valence-corrected chi connectivity index (χ0v) is 5.88. The third kappa shape index (κ3) is 1.76. The van der Waals surface area contributed by atoms with Crippen LogP contribution in [0, 0.1) is 0 Å². The molecule has 0 fully saturated rings. The highest BCUT2D eigenvalue weighted by atomic mass is 13.9. The summed E-state index contributed by atoms with van der Waals surface area (Å²) in [5, 5.41) is 0. The van der Waals surface area contributed by atoms with Gasteiger partial charge < -0.3 is 0 Å². The fourth-order valence-electron chi connectivity index (χ4n) is 0.820. The van der Waals surface area contributed by atoms with E-state index >= 15 is 0 Å². The predicted octanol–water partition coefficient (Wildman–Crippen LogP) is 1.21. The number of benzene rings is 1. The maximum Gasteiger partial charge on any atom is 0.113 e. The number of hydrogen-bond acceptors (Lipinski definition) is 0. The first-order chi connectivity index (χ1) is 4.83. The van der Waals surface area contributed by atoms with Gasteiger partial charge in [-0.15, -0.1) is 6.58 Å². The lowest BCUT2D eigenvalue weighted by Crippen LogP contribution is -1.99. The lowest BCUT2D eigenvalue weighted by atomic mass is 9.95. The van der Waals surface area contributed by atoms with Gasteiger partial charge in [0.1, 0.15) is 7.85 Å². The van der Waals surface area contributed by atoms with Gasteiger partial charge in [0.15, 0.2) is 0 Å². The molecule has 0 saturated heterocycles. The van der Waals surface area contributed by atoms with Gasteiger partial charge in [-0.25, -0.2) is 0 Å². The second-order valence-corrected chi connectivity index (χ2v) is 2.23. The number of allylic oxidation sites excluding steroid dienone is 1. The van der Waals surface area contributed by atoms with Gasteiger partial charge in [-0.05, 0) is 12.0 Å². The van der Waals surface area contributed by atoms with Crippen molar-refractivity contribution < 1.29 is 0 Å². The maximum atomic E-state index is 5.50. The minimum absolute atomic E-state index is 0.813. The summed E-state index contributed by atoms with van der Waals surface area (Å²) in [6, 6.07) is 7.83. The van der Waals surface area contributed by atoms with E-state index in [0.29, 0.717) is 0 Å². The minimum Gasteiger partial charge on any atom is -0.103 e. The van der Waals surface area contributed by atoms with Crippen LogP contribution in [0.5, 0.6) is 0 Å². The van der Waals surface area contributed by atoms with Crippen LogP contribution >= 0.6 is 0 Å². The van der Waals surface area contributed by atoms with E-state index in [-0.39, 0.29) is 0 Å². The molecule has 0 aliphatic heterocycles. The summed E-state index contributed by atoms with van der Waals surface area (Å²) < 4.78 is 0. The molecular formula is C9H9B. The van der Waals surface area contributed by atoms with Crippen molar-refractivity contribution in [2.75, 3.05) is 0 Å². The molecule has 1 aromatic rings. The number of hydrogen-bond donors (Lipinski definition) is 0. The Morgan fingerprint density at radius 2 is 1.90 bits per heavy atom. The highest BCUT2D eigenvalue weighted by molar-refractivity contribution is 6.32. The lowest BCUT2D eigenvalue weighted by Gasteiger charge is -1.95. The Morgan fingerprint density at radius 3 is 2.40 bits per heavy atom. The molecule has 0 aromatic heterocycles. The minimum atomic E-state index is 0.813. The molecule has 0 aliphatic rings. The molecule has 0 amide bonds. The van der Waals surface area contributed by atoms with Crippen molar-refractivity contribution in [3.05, 3.63) is 42.5 Å². The van der Waals surface area contributed by atoms with Crippen LogP contribution < -0.4 is 5.46 Å². The Morgan fingerprint density at radius 1 is 1.30 bits per heavy atom. The van der Waals surface area contributed by atoms with Gasteiger partial charge in [-0.1, -0.05) is 35.8 Å². The molecule has 1 aromatic carbocycles. The first-order valence-corrected chi connectivity index (χ1v) is 3.28. The Bertz CT molecular complexity index is 211. The molecule has 1 heteroatoms. The number of rotatable bonds is 2. The molecular weight excluding hydrogens is 119 g/mol. The third-order valence-corrected chi connectivity index (χ3v) is 1.36. The van der Waals surface area contributed by atoms with Gasteiger partial charge in [0.25, 0.3) is 0 Å². The molecule has 0 atom stereocenters.